The zero-order valence-corrected chi connectivity index (χ0v) is 20.0. The average molecular weight is 500 g/mol. The molecule has 0 bridgehead atoms. The minimum Gasteiger partial charge on any atom is -0.463 e. The topological polar surface area (TPSA) is 117 Å². The molecular weight excluding hydrogens is 474 g/mol. The van der Waals surface area contributed by atoms with Crippen LogP contribution >= 0.6 is 11.6 Å². The Morgan fingerprint density at radius 2 is 1.77 bits per heavy atom. The van der Waals surface area contributed by atoms with Crippen molar-refractivity contribution in [2.45, 2.75) is 13.0 Å². The number of halogens is 1. The Morgan fingerprint density at radius 1 is 1.11 bits per heavy atom. The first-order chi connectivity index (χ1) is 16.9. The smallest absolute Gasteiger partial charge is 0.338 e. The van der Waals surface area contributed by atoms with Crippen molar-refractivity contribution in [2.24, 2.45) is 0 Å². The molecular formula is C24H26ClN5O5. The average Bonchev–Trinajstić information content (AvgIpc) is 2.85. The van der Waals surface area contributed by atoms with Crippen molar-refractivity contribution in [3.8, 4) is 0 Å². The lowest BCUT2D eigenvalue weighted by atomic mass is 9.94. The first kappa shape index (κ1) is 24.5. The molecule has 2 aliphatic heterocycles. The number of benzene rings is 2. The molecule has 2 N–H and O–H groups in total. The van der Waals surface area contributed by atoms with E-state index in [0.29, 0.717) is 28.4 Å². The molecule has 35 heavy (non-hydrogen) atoms. The van der Waals surface area contributed by atoms with Gasteiger partial charge in [0.2, 0.25) is 0 Å². The van der Waals surface area contributed by atoms with Gasteiger partial charge in [-0.1, -0.05) is 11.6 Å². The number of carbonyl (C=O) groups excluding carboxylic acids is 2. The predicted molar refractivity (Wildman–Crippen MR) is 131 cm³/mol. The fourth-order valence-electron chi connectivity index (χ4n) is 4.27. The summed E-state index contributed by atoms with van der Waals surface area (Å²) in [5, 5.41) is 17.3. The number of nitrogens with one attached hydrogen (secondary N) is 2. The lowest BCUT2D eigenvalue weighted by Crippen LogP contribution is -2.51. The number of nitro groups is 1. The molecule has 0 radical (unpaired) electrons. The Morgan fingerprint density at radius 3 is 2.37 bits per heavy atom. The molecule has 0 saturated carbocycles. The SMILES string of the molecule is CCOC(=O)C1=C(CN2CCN(c3ccc(Cl)cc3)CC2)NC(=O)NC1c1ccc([N+](=O)[O-])cc1. The van der Waals surface area contributed by atoms with Crippen LogP contribution in [0, 0.1) is 10.1 Å². The van der Waals surface area contributed by atoms with Gasteiger partial charge in [0.1, 0.15) is 0 Å². The Hall–Kier alpha value is -3.63. The first-order valence-electron chi connectivity index (χ1n) is 11.3. The van der Waals surface area contributed by atoms with Crippen molar-refractivity contribution in [3.63, 3.8) is 0 Å². The van der Waals surface area contributed by atoms with Gasteiger partial charge in [-0.3, -0.25) is 15.0 Å². The molecule has 2 aromatic rings. The van der Waals surface area contributed by atoms with Crippen LogP contribution in [-0.4, -0.2) is 61.2 Å². The third-order valence-electron chi connectivity index (χ3n) is 6.03. The molecule has 1 atom stereocenters. The maximum absolute atomic E-state index is 13.0. The highest BCUT2D eigenvalue weighted by Gasteiger charge is 2.35. The number of anilines is 1. The quantitative estimate of drug-likeness (QED) is 0.341. The number of non-ortho nitro benzene ring substituents is 1. The molecule has 11 heteroatoms. The summed E-state index contributed by atoms with van der Waals surface area (Å²) in [5.41, 5.74) is 2.33. The van der Waals surface area contributed by atoms with Crippen LogP contribution in [-0.2, 0) is 9.53 Å². The second-order valence-corrected chi connectivity index (χ2v) is 8.67. The molecule has 0 aromatic heterocycles. The zero-order chi connectivity index (χ0) is 24.9. The van der Waals surface area contributed by atoms with Gasteiger partial charge >= 0.3 is 12.0 Å². The minimum absolute atomic E-state index is 0.0746. The van der Waals surface area contributed by atoms with Gasteiger partial charge in [0, 0.05) is 61.3 Å². The van der Waals surface area contributed by atoms with E-state index < -0.39 is 23.0 Å². The number of esters is 1. The van der Waals surface area contributed by atoms with Crippen LogP contribution in [0.5, 0.6) is 0 Å². The number of nitrogens with zero attached hydrogens (tertiary/aromatic N) is 3. The van der Waals surface area contributed by atoms with Crippen molar-refractivity contribution in [1.29, 1.82) is 0 Å². The number of piperazine rings is 1. The molecule has 184 valence electrons. The van der Waals surface area contributed by atoms with E-state index in [9.17, 15) is 19.7 Å². The summed E-state index contributed by atoms with van der Waals surface area (Å²) in [7, 11) is 0. The van der Waals surface area contributed by atoms with Crippen molar-refractivity contribution in [1.82, 2.24) is 15.5 Å². The van der Waals surface area contributed by atoms with Gasteiger partial charge in [0.05, 0.1) is 23.1 Å². The number of nitro benzene ring substituents is 1. The summed E-state index contributed by atoms with van der Waals surface area (Å²) < 4.78 is 5.30. The highest BCUT2D eigenvalue weighted by Crippen LogP contribution is 2.30. The van der Waals surface area contributed by atoms with Gasteiger partial charge < -0.3 is 20.3 Å². The largest absolute Gasteiger partial charge is 0.463 e. The van der Waals surface area contributed by atoms with Gasteiger partial charge in [-0.25, -0.2) is 9.59 Å². The van der Waals surface area contributed by atoms with Crippen LogP contribution in [0.2, 0.25) is 5.02 Å². The number of hydrogen-bond donors (Lipinski definition) is 2. The number of hydrogen-bond acceptors (Lipinski definition) is 7. The third kappa shape index (κ3) is 5.72. The second-order valence-electron chi connectivity index (χ2n) is 8.23. The van der Waals surface area contributed by atoms with E-state index in [1.54, 1.807) is 6.92 Å². The zero-order valence-electron chi connectivity index (χ0n) is 19.2. The molecule has 1 saturated heterocycles. The van der Waals surface area contributed by atoms with Crippen molar-refractivity contribution < 1.29 is 19.2 Å². The number of rotatable bonds is 7. The molecule has 2 aliphatic rings. The van der Waals surface area contributed by atoms with Crippen LogP contribution in [0.1, 0.15) is 18.5 Å². The fourth-order valence-corrected chi connectivity index (χ4v) is 4.40. The van der Waals surface area contributed by atoms with Crippen LogP contribution in [0.15, 0.2) is 59.8 Å². The summed E-state index contributed by atoms with van der Waals surface area (Å²) in [4.78, 5) is 40.4. The Kier molecular flexibility index (Phi) is 7.52. The van der Waals surface area contributed by atoms with Crippen LogP contribution in [0.3, 0.4) is 0 Å². The molecule has 4 rings (SSSR count). The van der Waals surface area contributed by atoms with Gasteiger partial charge in [-0.15, -0.1) is 0 Å². The van der Waals surface area contributed by atoms with E-state index in [0.717, 1.165) is 31.9 Å². The van der Waals surface area contributed by atoms with Crippen LogP contribution in [0.4, 0.5) is 16.2 Å². The van der Waals surface area contributed by atoms with Crippen LogP contribution in [0.25, 0.3) is 0 Å². The van der Waals surface area contributed by atoms with Crippen LogP contribution < -0.4 is 15.5 Å². The fraction of sp³-hybridized carbons (Fsp3) is 0.333. The monoisotopic (exact) mass is 499 g/mol. The molecule has 0 spiro atoms. The summed E-state index contributed by atoms with van der Waals surface area (Å²) in [6.07, 6.45) is 0. The first-order valence-corrected chi connectivity index (χ1v) is 11.7. The minimum atomic E-state index is -0.783. The Bertz CT molecular complexity index is 1130. The van der Waals surface area contributed by atoms with E-state index >= 15 is 0 Å². The molecule has 2 amide bonds. The number of amides is 2. The molecule has 0 aliphatic carbocycles. The maximum Gasteiger partial charge on any atom is 0.338 e. The van der Waals surface area contributed by atoms with Gasteiger partial charge in [-0.05, 0) is 48.9 Å². The second kappa shape index (κ2) is 10.7. The Labute approximate surface area is 207 Å². The lowest BCUT2D eigenvalue weighted by molar-refractivity contribution is -0.384. The van der Waals surface area contributed by atoms with Gasteiger partial charge in [0.15, 0.2) is 0 Å². The normalized spacial score (nSPS) is 18.6. The summed E-state index contributed by atoms with van der Waals surface area (Å²) in [6, 6.07) is 12.2. The maximum atomic E-state index is 13.0. The standard InChI is InChI=1S/C24H26ClN5O5/c1-2-35-23(31)21-20(15-28-11-13-29(14-12-28)18-9-5-17(25)6-10-18)26-24(32)27-22(21)16-3-7-19(8-4-16)30(33)34/h3-10,22H,2,11-15H2,1H3,(H2,26,27,32). The van der Waals surface area contributed by atoms with Crippen molar-refractivity contribution in [2.75, 3.05) is 44.2 Å². The van der Waals surface area contributed by atoms with E-state index in [1.165, 1.54) is 24.3 Å². The van der Waals surface area contributed by atoms with Gasteiger partial charge in [0.25, 0.3) is 5.69 Å². The number of urea groups is 1. The number of carbonyl (C=O) groups is 2. The molecule has 2 heterocycles. The van der Waals surface area contributed by atoms with Crippen molar-refractivity contribution >= 4 is 35.0 Å². The summed E-state index contributed by atoms with van der Waals surface area (Å²) >= 11 is 5.99. The highest BCUT2D eigenvalue weighted by atomic mass is 35.5. The Balaban J connectivity index is 1.55. The number of ether oxygens (including phenoxy) is 1. The summed E-state index contributed by atoms with van der Waals surface area (Å²) in [6.45, 7) is 5.27. The summed E-state index contributed by atoms with van der Waals surface area (Å²) in [5.74, 6) is -0.543. The van der Waals surface area contributed by atoms with E-state index in [1.807, 2.05) is 24.3 Å². The van der Waals surface area contributed by atoms with Crippen molar-refractivity contribution in [3.05, 3.63) is 80.5 Å². The third-order valence-corrected chi connectivity index (χ3v) is 6.28. The molecule has 1 unspecified atom stereocenters. The molecule has 2 aromatic carbocycles. The molecule has 1 fully saturated rings. The van der Waals surface area contributed by atoms with Gasteiger partial charge in [-0.2, -0.15) is 0 Å². The predicted octanol–water partition coefficient (Wildman–Crippen LogP) is 3.24. The van der Waals surface area contributed by atoms with E-state index in [2.05, 4.69) is 20.4 Å². The highest BCUT2D eigenvalue weighted by molar-refractivity contribution is 6.30. The lowest BCUT2D eigenvalue weighted by Gasteiger charge is -2.38. The van der Waals surface area contributed by atoms with E-state index in [4.69, 9.17) is 16.3 Å². The van der Waals surface area contributed by atoms with E-state index in [-0.39, 0.29) is 12.3 Å². The molecule has 10 nitrogen and oxygen atoms in total.